The van der Waals surface area contributed by atoms with Gasteiger partial charge in [0.1, 0.15) is 0 Å². The zero-order chi connectivity index (χ0) is 13.6. The maximum absolute atomic E-state index is 11.8. The van der Waals surface area contributed by atoms with Crippen LogP contribution in [0.3, 0.4) is 0 Å². The van der Waals surface area contributed by atoms with Crippen molar-refractivity contribution in [3.05, 3.63) is 23.8 Å². The summed E-state index contributed by atoms with van der Waals surface area (Å²) in [5.41, 5.74) is 2.70. The molecule has 19 heavy (non-hydrogen) atoms. The highest BCUT2D eigenvalue weighted by molar-refractivity contribution is 6.03. The lowest BCUT2D eigenvalue weighted by atomic mass is 10.1. The molecule has 0 aromatic heterocycles. The highest BCUT2D eigenvalue weighted by Crippen LogP contribution is 2.38. The lowest BCUT2D eigenvalue weighted by Crippen LogP contribution is -2.26. The summed E-state index contributed by atoms with van der Waals surface area (Å²) >= 11 is 0. The topological polar surface area (TPSA) is 43.8 Å². The Morgan fingerprint density at radius 1 is 1.42 bits per heavy atom. The smallest absolute Gasteiger partial charge is 0.260 e. The Balaban J connectivity index is 1.90. The highest BCUT2D eigenvalue weighted by Gasteiger charge is 2.34. The Kier molecular flexibility index (Phi) is 2.97. The van der Waals surface area contributed by atoms with Crippen LogP contribution < -0.4 is 9.80 Å². The molecule has 1 aliphatic carbocycles. The molecule has 1 amide bonds. The average Bonchev–Trinajstić information content (AvgIpc) is 3.22. The number of carbonyl (C=O) groups is 1. The summed E-state index contributed by atoms with van der Waals surface area (Å²) in [6.07, 6.45) is 1.67. The van der Waals surface area contributed by atoms with Gasteiger partial charge in [-0.2, -0.15) is 0 Å². The van der Waals surface area contributed by atoms with E-state index in [2.05, 4.69) is 11.8 Å². The summed E-state index contributed by atoms with van der Waals surface area (Å²) in [6, 6.07) is 5.92. The van der Waals surface area contributed by atoms with E-state index in [0.717, 1.165) is 35.9 Å². The third-order valence-corrected chi connectivity index (χ3v) is 4.16. The van der Waals surface area contributed by atoms with E-state index >= 15 is 0 Å². The van der Waals surface area contributed by atoms with Gasteiger partial charge in [0.25, 0.3) is 5.91 Å². The van der Waals surface area contributed by atoms with Gasteiger partial charge in [-0.3, -0.25) is 4.79 Å². The van der Waals surface area contributed by atoms with Crippen molar-refractivity contribution in [2.24, 2.45) is 5.92 Å². The van der Waals surface area contributed by atoms with E-state index in [0.29, 0.717) is 0 Å². The van der Waals surface area contributed by atoms with E-state index in [1.54, 1.807) is 11.9 Å². The van der Waals surface area contributed by atoms with Gasteiger partial charge in [-0.05, 0) is 37.8 Å². The summed E-state index contributed by atoms with van der Waals surface area (Å²) in [4.78, 5) is 15.7. The molecule has 1 heterocycles. The Labute approximate surface area is 113 Å². The summed E-state index contributed by atoms with van der Waals surface area (Å²) in [5, 5.41) is 9.86. The Morgan fingerprint density at radius 2 is 2.16 bits per heavy atom. The molecule has 1 saturated carbocycles. The minimum Gasteiger partial charge on any atom is -0.378 e. The molecular weight excluding hydrogens is 240 g/mol. The van der Waals surface area contributed by atoms with E-state index in [9.17, 15) is 9.90 Å². The van der Waals surface area contributed by atoms with Crippen LogP contribution in [-0.4, -0.2) is 31.2 Å². The highest BCUT2D eigenvalue weighted by atomic mass is 16.3. The van der Waals surface area contributed by atoms with Crippen molar-refractivity contribution in [3.8, 4) is 0 Å². The fourth-order valence-electron chi connectivity index (χ4n) is 2.71. The van der Waals surface area contributed by atoms with Crippen molar-refractivity contribution in [1.29, 1.82) is 0 Å². The number of carbonyl (C=O) groups excluding carboxylic acids is 1. The molecule has 102 valence electrons. The fraction of sp³-hybridized carbons (Fsp3) is 0.533. The van der Waals surface area contributed by atoms with E-state index in [4.69, 9.17) is 0 Å². The van der Waals surface area contributed by atoms with Crippen LogP contribution in [0.2, 0.25) is 0 Å². The third kappa shape index (κ3) is 2.10. The molecule has 1 fully saturated rings. The van der Waals surface area contributed by atoms with Gasteiger partial charge in [-0.15, -0.1) is 0 Å². The number of hydrogen-bond donors (Lipinski definition) is 1. The largest absolute Gasteiger partial charge is 0.378 e. The molecule has 0 radical (unpaired) electrons. The second-order valence-electron chi connectivity index (χ2n) is 5.52. The fourth-order valence-corrected chi connectivity index (χ4v) is 2.71. The molecule has 1 aliphatic heterocycles. The standard InChI is InChI=1S/C15H20N2O2/c1-3-17(9-10-4-5-10)11-6-7-12-13(8-11)16(2)15(19)14(12)18/h6-8,10,14,18H,3-5,9H2,1-2H3. The van der Waals surface area contributed by atoms with Crippen LogP contribution in [-0.2, 0) is 4.79 Å². The SMILES string of the molecule is CCN(CC1CC1)c1ccc2c(c1)N(C)C(=O)C2O. The maximum atomic E-state index is 11.8. The van der Waals surface area contributed by atoms with Gasteiger partial charge in [0.2, 0.25) is 0 Å². The second kappa shape index (κ2) is 4.53. The number of amides is 1. The first-order valence-electron chi connectivity index (χ1n) is 6.96. The van der Waals surface area contributed by atoms with Crippen molar-refractivity contribution in [2.45, 2.75) is 25.9 Å². The number of aliphatic hydroxyl groups excluding tert-OH is 1. The van der Waals surface area contributed by atoms with E-state index in [1.165, 1.54) is 12.8 Å². The molecule has 0 spiro atoms. The average molecular weight is 260 g/mol. The molecule has 1 unspecified atom stereocenters. The van der Waals surface area contributed by atoms with Crippen LogP contribution in [0.25, 0.3) is 0 Å². The van der Waals surface area contributed by atoms with Gasteiger partial charge in [0.15, 0.2) is 6.10 Å². The van der Waals surface area contributed by atoms with Gasteiger partial charge in [-0.1, -0.05) is 6.07 Å². The number of nitrogens with zero attached hydrogens (tertiary/aromatic N) is 2. The maximum Gasteiger partial charge on any atom is 0.260 e. The summed E-state index contributed by atoms with van der Waals surface area (Å²) in [5.74, 6) is 0.593. The Morgan fingerprint density at radius 3 is 2.79 bits per heavy atom. The zero-order valence-corrected chi connectivity index (χ0v) is 11.5. The monoisotopic (exact) mass is 260 g/mol. The first-order valence-corrected chi connectivity index (χ1v) is 6.96. The number of hydrogen-bond acceptors (Lipinski definition) is 3. The van der Waals surface area contributed by atoms with Crippen molar-refractivity contribution in [3.63, 3.8) is 0 Å². The number of likely N-dealkylation sites (N-methyl/N-ethyl adjacent to an activating group) is 1. The molecular formula is C15H20N2O2. The van der Waals surface area contributed by atoms with Crippen LogP contribution in [0.4, 0.5) is 11.4 Å². The second-order valence-corrected chi connectivity index (χ2v) is 5.52. The number of fused-ring (bicyclic) bond motifs is 1. The van der Waals surface area contributed by atoms with Gasteiger partial charge < -0.3 is 14.9 Å². The molecule has 2 aliphatic rings. The minimum atomic E-state index is -0.993. The molecule has 0 bridgehead atoms. The molecule has 3 rings (SSSR count). The molecule has 1 aromatic rings. The molecule has 0 saturated heterocycles. The van der Waals surface area contributed by atoms with Crippen LogP contribution >= 0.6 is 0 Å². The molecule has 4 heteroatoms. The molecule has 1 aromatic carbocycles. The number of aliphatic hydroxyl groups is 1. The van der Waals surface area contributed by atoms with Crippen LogP contribution in [0.1, 0.15) is 31.4 Å². The molecule has 1 N–H and O–H groups in total. The lowest BCUT2D eigenvalue weighted by Gasteiger charge is -2.24. The van der Waals surface area contributed by atoms with Crippen LogP contribution in [0.15, 0.2) is 18.2 Å². The Hall–Kier alpha value is -1.55. The van der Waals surface area contributed by atoms with Crippen molar-refractivity contribution < 1.29 is 9.90 Å². The summed E-state index contributed by atoms with van der Waals surface area (Å²) in [6.45, 7) is 4.21. The number of benzene rings is 1. The van der Waals surface area contributed by atoms with Crippen LogP contribution in [0.5, 0.6) is 0 Å². The summed E-state index contributed by atoms with van der Waals surface area (Å²) < 4.78 is 0. The lowest BCUT2D eigenvalue weighted by molar-refractivity contribution is -0.125. The predicted octanol–water partition coefficient (Wildman–Crippen LogP) is 1.93. The first kappa shape index (κ1) is 12.5. The quantitative estimate of drug-likeness (QED) is 0.899. The Bertz CT molecular complexity index is 511. The normalized spacial score (nSPS) is 21.7. The van der Waals surface area contributed by atoms with E-state index in [1.807, 2.05) is 18.2 Å². The number of anilines is 2. The van der Waals surface area contributed by atoms with Crippen molar-refractivity contribution in [1.82, 2.24) is 0 Å². The molecule has 4 nitrogen and oxygen atoms in total. The minimum absolute atomic E-state index is 0.239. The van der Waals surface area contributed by atoms with E-state index < -0.39 is 6.10 Å². The summed E-state index contributed by atoms with van der Waals surface area (Å²) in [7, 11) is 1.72. The van der Waals surface area contributed by atoms with Gasteiger partial charge in [-0.25, -0.2) is 0 Å². The van der Waals surface area contributed by atoms with Gasteiger partial charge in [0, 0.05) is 31.4 Å². The zero-order valence-electron chi connectivity index (χ0n) is 11.5. The van der Waals surface area contributed by atoms with E-state index in [-0.39, 0.29) is 5.91 Å². The predicted molar refractivity (Wildman–Crippen MR) is 75.4 cm³/mol. The molecule has 1 atom stereocenters. The third-order valence-electron chi connectivity index (χ3n) is 4.16. The van der Waals surface area contributed by atoms with Crippen LogP contribution in [0, 0.1) is 5.92 Å². The number of rotatable bonds is 4. The van der Waals surface area contributed by atoms with Gasteiger partial charge in [0.05, 0.1) is 5.69 Å². The van der Waals surface area contributed by atoms with Gasteiger partial charge >= 0.3 is 0 Å². The van der Waals surface area contributed by atoms with Crippen molar-refractivity contribution in [2.75, 3.05) is 29.9 Å². The first-order chi connectivity index (χ1) is 9.11. The van der Waals surface area contributed by atoms with Crippen molar-refractivity contribution >= 4 is 17.3 Å².